The van der Waals surface area contributed by atoms with Crippen LogP contribution in [0.5, 0.6) is 0 Å². The van der Waals surface area contributed by atoms with E-state index in [0.717, 1.165) is 0 Å². The Morgan fingerprint density at radius 2 is 1.79 bits per heavy atom. The van der Waals surface area contributed by atoms with Gasteiger partial charge in [-0.3, -0.25) is 0 Å². The fourth-order valence-electron chi connectivity index (χ4n) is 1.25. The summed E-state index contributed by atoms with van der Waals surface area (Å²) >= 11 is 0. The third-order valence-corrected chi connectivity index (χ3v) is 1.96. The van der Waals surface area contributed by atoms with Crippen molar-refractivity contribution in [2.24, 2.45) is 0 Å². The Labute approximate surface area is 81.1 Å². The van der Waals surface area contributed by atoms with Gasteiger partial charge in [-0.2, -0.15) is 0 Å². The van der Waals surface area contributed by atoms with Crippen LogP contribution in [0.25, 0.3) is 5.57 Å². The molecule has 0 N–H and O–H groups in total. The van der Waals surface area contributed by atoms with Crippen LogP contribution in [0.15, 0.2) is 35.9 Å². The van der Waals surface area contributed by atoms with Crippen LogP contribution in [0.3, 0.4) is 0 Å². The van der Waals surface area contributed by atoms with Gasteiger partial charge in [-0.15, -0.1) is 0 Å². The van der Waals surface area contributed by atoms with Gasteiger partial charge in [0.05, 0.1) is 0 Å². The van der Waals surface area contributed by atoms with E-state index < -0.39 is 13.1 Å². The van der Waals surface area contributed by atoms with Crippen LogP contribution in [-0.4, -0.2) is 13.1 Å². The molecule has 0 nitrogen and oxygen atoms in total. The molecular formula is C11H11F3. The highest BCUT2D eigenvalue weighted by molar-refractivity contribution is 5.70. The van der Waals surface area contributed by atoms with Crippen molar-refractivity contribution in [3.63, 3.8) is 0 Å². The largest absolute Gasteiger partial charge is 0.264 e. The minimum atomic E-state index is -2.63. The van der Waals surface area contributed by atoms with Crippen molar-refractivity contribution in [2.75, 3.05) is 6.67 Å². The van der Waals surface area contributed by atoms with E-state index in [2.05, 4.69) is 0 Å². The maximum Gasteiger partial charge on any atom is 0.264 e. The van der Waals surface area contributed by atoms with Gasteiger partial charge in [0.1, 0.15) is 6.67 Å². The molecule has 14 heavy (non-hydrogen) atoms. The normalized spacial score (nSPS) is 12.9. The average molecular weight is 200 g/mol. The van der Waals surface area contributed by atoms with Crippen LogP contribution in [0.2, 0.25) is 0 Å². The van der Waals surface area contributed by atoms with Crippen molar-refractivity contribution in [3.05, 3.63) is 41.5 Å². The van der Waals surface area contributed by atoms with Gasteiger partial charge < -0.3 is 0 Å². The van der Waals surface area contributed by atoms with E-state index in [9.17, 15) is 13.2 Å². The molecule has 1 aromatic carbocycles. The first-order valence-electron chi connectivity index (χ1n) is 4.26. The van der Waals surface area contributed by atoms with Crippen molar-refractivity contribution in [2.45, 2.75) is 13.3 Å². The van der Waals surface area contributed by atoms with Gasteiger partial charge in [0.2, 0.25) is 0 Å². The van der Waals surface area contributed by atoms with Gasteiger partial charge in [-0.05, 0) is 18.1 Å². The van der Waals surface area contributed by atoms with E-state index in [-0.39, 0.29) is 11.1 Å². The Hall–Kier alpha value is -1.25. The molecule has 3 heteroatoms. The summed E-state index contributed by atoms with van der Waals surface area (Å²) in [6, 6.07) is 8.16. The summed E-state index contributed by atoms with van der Waals surface area (Å²) in [5.41, 5.74) is 0.275. The lowest BCUT2D eigenvalue weighted by atomic mass is 10.0. The summed E-state index contributed by atoms with van der Waals surface area (Å²) in [7, 11) is 0. The molecule has 0 aliphatic heterocycles. The zero-order chi connectivity index (χ0) is 10.6. The number of rotatable bonds is 3. The summed E-state index contributed by atoms with van der Waals surface area (Å²) in [5.74, 6) is 0. The SMILES string of the molecule is CC(CF)=C(c1ccccc1)C(F)F. The number of halogens is 3. The molecule has 76 valence electrons. The molecule has 0 fully saturated rings. The molecule has 0 unspecified atom stereocenters. The summed E-state index contributed by atoms with van der Waals surface area (Å²) in [6.07, 6.45) is -2.63. The minimum Gasteiger partial charge on any atom is -0.246 e. The molecule has 0 spiro atoms. The topological polar surface area (TPSA) is 0 Å². The molecule has 0 amide bonds. The molecule has 1 aromatic rings. The third kappa shape index (κ3) is 2.37. The van der Waals surface area contributed by atoms with E-state index in [1.807, 2.05) is 0 Å². The molecular weight excluding hydrogens is 189 g/mol. The minimum absolute atomic E-state index is 0.0891. The average Bonchev–Trinajstić information content (AvgIpc) is 2.19. The molecule has 0 aliphatic rings. The van der Waals surface area contributed by atoms with E-state index >= 15 is 0 Å². The molecule has 0 aliphatic carbocycles. The quantitative estimate of drug-likeness (QED) is 0.698. The van der Waals surface area contributed by atoms with Gasteiger partial charge >= 0.3 is 0 Å². The molecule has 0 radical (unpaired) electrons. The Balaban J connectivity index is 3.14. The number of allylic oxidation sites excluding steroid dienone is 2. The number of alkyl halides is 3. The first-order valence-corrected chi connectivity index (χ1v) is 4.26. The summed E-state index contributed by atoms with van der Waals surface area (Å²) in [5, 5.41) is 0. The van der Waals surface area contributed by atoms with E-state index in [1.165, 1.54) is 6.92 Å². The maximum absolute atomic E-state index is 12.6. The molecule has 1 rings (SSSR count). The van der Waals surface area contributed by atoms with Crippen LogP contribution in [0, 0.1) is 0 Å². The second kappa shape index (κ2) is 4.84. The zero-order valence-electron chi connectivity index (χ0n) is 7.81. The molecule has 0 aromatic heterocycles. The maximum atomic E-state index is 12.6. The third-order valence-electron chi connectivity index (χ3n) is 1.96. The first kappa shape index (κ1) is 10.8. The van der Waals surface area contributed by atoms with Crippen molar-refractivity contribution < 1.29 is 13.2 Å². The Morgan fingerprint density at radius 3 is 2.21 bits per heavy atom. The van der Waals surface area contributed by atoms with Gasteiger partial charge in [-0.1, -0.05) is 30.3 Å². The van der Waals surface area contributed by atoms with Crippen LogP contribution in [-0.2, 0) is 0 Å². The molecule has 0 saturated heterocycles. The lowest BCUT2D eigenvalue weighted by molar-refractivity contribution is 0.214. The van der Waals surface area contributed by atoms with Gasteiger partial charge in [0, 0.05) is 5.57 Å². The highest BCUT2D eigenvalue weighted by Crippen LogP contribution is 2.25. The second-order valence-electron chi connectivity index (χ2n) is 2.99. The van der Waals surface area contributed by atoms with E-state index in [4.69, 9.17) is 0 Å². The Bertz CT molecular complexity index is 315. The predicted octanol–water partition coefficient (Wildman–Crippen LogP) is 3.69. The molecule has 0 bridgehead atoms. The standard InChI is InChI=1S/C11H11F3/c1-8(7-12)10(11(13)14)9-5-3-2-4-6-9/h2-6,11H,7H2,1H3. The van der Waals surface area contributed by atoms with Gasteiger partial charge in [0.25, 0.3) is 6.43 Å². The summed E-state index contributed by atoms with van der Waals surface area (Å²) in [6.45, 7) is 0.545. The van der Waals surface area contributed by atoms with Crippen LogP contribution >= 0.6 is 0 Å². The van der Waals surface area contributed by atoms with Crippen molar-refractivity contribution >= 4 is 5.57 Å². The summed E-state index contributed by atoms with van der Waals surface area (Å²) in [4.78, 5) is 0. The lowest BCUT2D eigenvalue weighted by Crippen LogP contribution is -2.00. The van der Waals surface area contributed by atoms with E-state index in [0.29, 0.717) is 5.56 Å². The van der Waals surface area contributed by atoms with Crippen LogP contribution in [0.1, 0.15) is 12.5 Å². The summed E-state index contributed by atoms with van der Waals surface area (Å²) < 4.78 is 37.5. The first-order chi connectivity index (χ1) is 6.66. The van der Waals surface area contributed by atoms with Crippen molar-refractivity contribution in [3.8, 4) is 0 Å². The highest BCUT2D eigenvalue weighted by atomic mass is 19.3. The zero-order valence-corrected chi connectivity index (χ0v) is 7.81. The van der Waals surface area contributed by atoms with Crippen LogP contribution < -0.4 is 0 Å². The molecule has 0 heterocycles. The lowest BCUT2D eigenvalue weighted by Gasteiger charge is -2.09. The number of hydrogen-bond donors (Lipinski definition) is 0. The van der Waals surface area contributed by atoms with Crippen LogP contribution in [0.4, 0.5) is 13.2 Å². The predicted molar refractivity (Wildman–Crippen MR) is 51.0 cm³/mol. The number of benzene rings is 1. The highest BCUT2D eigenvalue weighted by Gasteiger charge is 2.16. The fourth-order valence-corrected chi connectivity index (χ4v) is 1.25. The Kier molecular flexibility index (Phi) is 3.74. The van der Waals surface area contributed by atoms with E-state index in [1.54, 1.807) is 30.3 Å². The smallest absolute Gasteiger partial charge is 0.246 e. The Morgan fingerprint density at radius 1 is 1.21 bits per heavy atom. The monoisotopic (exact) mass is 200 g/mol. The van der Waals surface area contributed by atoms with Gasteiger partial charge in [-0.25, -0.2) is 13.2 Å². The molecule has 0 saturated carbocycles. The van der Waals surface area contributed by atoms with Crippen molar-refractivity contribution in [1.29, 1.82) is 0 Å². The molecule has 0 atom stereocenters. The second-order valence-corrected chi connectivity index (χ2v) is 2.99. The van der Waals surface area contributed by atoms with Crippen molar-refractivity contribution in [1.82, 2.24) is 0 Å². The number of hydrogen-bond acceptors (Lipinski definition) is 0. The fraction of sp³-hybridized carbons (Fsp3) is 0.273. The van der Waals surface area contributed by atoms with Gasteiger partial charge in [0.15, 0.2) is 0 Å².